The highest BCUT2D eigenvalue weighted by Crippen LogP contribution is 2.33. The average molecular weight is 379 g/mol. The maximum absolute atomic E-state index is 12.8. The number of hydrogen-bond donors (Lipinski definition) is 2. The van der Waals surface area contributed by atoms with Crippen molar-refractivity contribution in [2.24, 2.45) is 0 Å². The number of nitrogens with one attached hydrogen (secondary N) is 2. The molecule has 2 N–H and O–H groups in total. The fourth-order valence-electron chi connectivity index (χ4n) is 3.58. The van der Waals surface area contributed by atoms with Gasteiger partial charge < -0.3 is 20.3 Å². The van der Waals surface area contributed by atoms with Gasteiger partial charge in [0.15, 0.2) is 0 Å². The summed E-state index contributed by atoms with van der Waals surface area (Å²) in [5.74, 6) is 0.753. The first kappa shape index (κ1) is 18.3. The second-order valence-corrected chi connectivity index (χ2v) is 7.38. The lowest BCUT2D eigenvalue weighted by atomic mass is 10.0. The number of hydrogen-bond acceptors (Lipinski definition) is 3. The van der Waals surface area contributed by atoms with E-state index in [1.54, 1.807) is 31.4 Å². The Kier molecular flexibility index (Phi) is 5.19. The van der Waals surface area contributed by atoms with Gasteiger partial charge in [-0.15, -0.1) is 0 Å². The number of nitrogens with zero attached hydrogens (tertiary/aromatic N) is 1. The van der Waals surface area contributed by atoms with Crippen molar-refractivity contribution >= 4 is 17.6 Å². The molecular weight excluding hydrogens is 354 g/mol. The quantitative estimate of drug-likeness (QED) is 0.826. The molecule has 1 unspecified atom stereocenters. The molecule has 2 aliphatic rings. The number of carbonyl (C=O) groups is 2. The summed E-state index contributed by atoms with van der Waals surface area (Å²) < 4.78 is 5.21. The number of rotatable bonds is 5. The van der Waals surface area contributed by atoms with Crippen LogP contribution in [0.25, 0.3) is 0 Å². The van der Waals surface area contributed by atoms with Crippen LogP contribution in [0, 0.1) is 0 Å². The van der Waals surface area contributed by atoms with Gasteiger partial charge in [-0.2, -0.15) is 0 Å². The molecular formula is C22H25N3O3. The summed E-state index contributed by atoms with van der Waals surface area (Å²) >= 11 is 0. The van der Waals surface area contributed by atoms with Crippen molar-refractivity contribution in [2.45, 2.75) is 37.8 Å². The largest absolute Gasteiger partial charge is 0.497 e. The number of carbonyl (C=O) groups excluding carboxylic acids is 2. The Hall–Kier alpha value is -3.02. The molecule has 0 aromatic heterocycles. The van der Waals surface area contributed by atoms with E-state index < -0.39 is 0 Å². The minimum atomic E-state index is -0.117. The lowest BCUT2D eigenvalue weighted by Gasteiger charge is -2.25. The van der Waals surface area contributed by atoms with Gasteiger partial charge in [0.25, 0.3) is 5.91 Å². The Labute approximate surface area is 164 Å². The van der Waals surface area contributed by atoms with Gasteiger partial charge in [-0.1, -0.05) is 12.1 Å². The van der Waals surface area contributed by atoms with Crippen LogP contribution in [0.3, 0.4) is 0 Å². The van der Waals surface area contributed by atoms with Crippen molar-refractivity contribution in [2.75, 3.05) is 19.0 Å². The van der Waals surface area contributed by atoms with Crippen LogP contribution in [-0.4, -0.2) is 36.5 Å². The Balaban J connectivity index is 1.39. The summed E-state index contributed by atoms with van der Waals surface area (Å²) in [6.45, 7) is 0.727. The monoisotopic (exact) mass is 379 g/mol. The molecule has 1 atom stereocenters. The molecule has 28 heavy (non-hydrogen) atoms. The summed E-state index contributed by atoms with van der Waals surface area (Å²) in [6, 6.07) is 15.2. The second-order valence-electron chi connectivity index (χ2n) is 7.38. The van der Waals surface area contributed by atoms with E-state index in [-0.39, 0.29) is 18.0 Å². The normalized spacial score (nSPS) is 18.6. The van der Waals surface area contributed by atoms with Gasteiger partial charge in [0.05, 0.1) is 13.2 Å². The molecule has 4 rings (SSSR count). The zero-order valence-electron chi connectivity index (χ0n) is 16.0. The van der Waals surface area contributed by atoms with Gasteiger partial charge in [-0.05, 0) is 67.6 Å². The maximum Gasteiger partial charge on any atom is 0.322 e. The van der Waals surface area contributed by atoms with Gasteiger partial charge in [0, 0.05) is 23.8 Å². The topological polar surface area (TPSA) is 70.7 Å². The van der Waals surface area contributed by atoms with Crippen molar-refractivity contribution < 1.29 is 14.3 Å². The van der Waals surface area contributed by atoms with Crippen LogP contribution >= 0.6 is 0 Å². The maximum atomic E-state index is 12.8. The molecule has 3 amide bonds. The van der Waals surface area contributed by atoms with Crippen molar-refractivity contribution in [1.82, 2.24) is 10.2 Å². The van der Waals surface area contributed by atoms with Gasteiger partial charge in [-0.3, -0.25) is 4.79 Å². The molecule has 146 valence electrons. The molecule has 6 nitrogen and oxygen atoms in total. The van der Waals surface area contributed by atoms with Crippen molar-refractivity contribution in [3.63, 3.8) is 0 Å². The number of ether oxygens (including phenoxy) is 1. The van der Waals surface area contributed by atoms with Crippen molar-refractivity contribution in [3.05, 3.63) is 59.7 Å². The molecule has 6 heteroatoms. The van der Waals surface area contributed by atoms with Crippen molar-refractivity contribution in [1.29, 1.82) is 0 Å². The summed E-state index contributed by atoms with van der Waals surface area (Å²) in [5.41, 5.74) is 2.41. The molecule has 1 saturated carbocycles. The zero-order valence-corrected chi connectivity index (χ0v) is 16.0. The van der Waals surface area contributed by atoms with E-state index in [1.807, 2.05) is 29.2 Å². The lowest BCUT2D eigenvalue weighted by molar-refractivity contribution is 0.0951. The van der Waals surface area contributed by atoms with E-state index >= 15 is 0 Å². The first-order valence-corrected chi connectivity index (χ1v) is 9.76. The first-order chi connectivity index (χ1) is 13.6. The number of urea groups is 1. The van der Waals surface area contributed by atoms with Gasteiger partial charge in [-0.25, -0.2) is 4.79 Å². The highest BCUT2D eigenvalue weighted by molar-refractivity contribution is 5.96. The number of benzene rings is 2. The Morgan fingerprint density at radius 2 is 1.71 bits per heavy atom. The standard InChI is InChI=1S/C22H25N3O3/c1-28-19-12-6-15(7-13-19)20-3-2-14-25(20)22(27)24-18-8-4-16(5-9-18)21(26)23-17-10-11-17/h4-9,12-13,17,20H,2-3,10-11,14H2,1H3,(H,23,26)(H,24,27). The minimum Gasteiger partial charge on any atom is -0.497 e. The summed E-state index contributed by atoms with van der Waals surface area (Å²) in [4.78, 5) is 26.7. The van der Waals surface area contributed by atoms with E-state index in [0.29, 0.717) is 17.3 Å². The molecule has 0 bridgehead atoms. The molecule has 1 aliphatic carbocycles. The summed E-state index contributed by atoms with van der Waals surface area (Å²) in [5, 5.41) is 5.92. The third kappa shape index (κ3) is 4.11. The van der Waals surface area contributed by atoms with Crippen LogP contribution in [0.5, 0.6) is 5.75 Å². The number of anilines is 1. The van der Waals surface area contributed by atoms with Gasteiger partial charge in [0.1, 0.15) is 5.75 Å². The predicted molar refractivity (Wildman–Crippen MR) is 108 cm³/mol. The van der Waals surface area contributed by atoms with E-state index in [1.165, 1.54) is 0 Å². The molecule has 1 aliphatic heterocycles. The highest BCUT2D eigenvalue weighted by atomic mass is 16.5. The van der Waals surface area contributed by atoms with E-state index in [9.17, 15) is 9.59 Å². The van der Waals surface area contributed by atoms with E-state index in [2.05, 4.69) is 10.6 Å². The lowest BCUT2D eigenvalue weighted by Crippen LogP contribution is -2.34. The molecule has 2 aromatic rings. The van der Waals surface area contributed by atoms with Crippen LogP contribution < -0.4 is 15.4 Å². The van der Waals surface area contributed by atoms with Crippen molar-refractivity contribution in [3.8, 4) is 5.75 Å². The third-order valence-electron chi connectivity index (χ3n) is 5.33. The van der Waals surface area contributed by atoms with Crippen LogP contribution in [0.1, 0.15) is 47.6 Å². The fraction of sp³-hybridized carbons (Fsp3) is 0.364. The number of methoxy groups -OCH3 is 1. The second kappa shape index (κ2) is 7.92. The summed E-state index contributed by atoms with van der Waals surface area (Å²) in [6.07, 6.45) is 4.04. The van der Waals surface area contributed by atoms with E-state index in [4.69, 9.17) is 4.74 Å². The van der Waals surface area contributed by atoms with Crippen LogP contribution in [0.4, 0.5) is 10.5 Å². The molecule has 2 fully saturated rings. The molecule has 0 spiro atoms. The number of amides is 3. The SMILES string of the molecule is COc1ccc(C2CCCN2C(=O)Nc2ccc(C(=O)NC3CC3)cc2)cc1. The Morgan fingerprint density at radius 3 is 2.36 bits per heavy atom. The molecule has 0 radical (unpaired) electrons. The van der Waals surface area contributed by atoms with Gasteiger partial charge >= 0.3 is 6.03 Å². The Morgan fingerprint density at radius 1 is 1.00 bits per heavy atom. The molecule has 1 heterocycles. The minimum absolute atomic E-state index is 0.0560. The Bertz CT molecular complexity index is 844. The average Bonchev–Trinajstić information content (AvgIpc) is 3.40. The molecule has 2 aromatic carbocycles. The first-order valence-electron chi connectivity index (χ1n) is 9.76. The fourth-order valence-corrected chi connectivity index (χ4v) is 3.58. The zero-order chi connectivity index (χ0) is 19.5. The molecule has 1 saturated heterocycles. The van der Waals surface area contributed by atoms with Gasteiger partial charge in [0.2, 0.25) is 0 Å². The van der Waals surface area contributed by atoms with E-state index in [0.717, 1.165) is 43.5 Å². The van der Waals surface area contributed by atoms with Crippen LogP contribution in [0.15, 0.2) is 48.5 Å². The van der Waals surface area contributed by atoms with Crippen LogP contribution in [-0.2, 0) is 0 Å². The summed E-state index contributed by atoms with van der Waals surface area (Å²) in [7, 11) is 1.64. The number of likely N-dealkylation sites (tertiary alicyclic amines) is 1. The van der Waals surface area contributed by atoms with Crippen LogP contribution in [0.2, 0.25) is 0 Å². The smallest absolute Gasteiger partial charge is 0.322 e. The third-order valence-corrected chi connectivity index (χ3v) is 5.33. The predicted octanol–water partition coefficient (Wildman–Crippen LogP) is 3.96. The highest BCUT2D eigenvalue weighted by Gasteiger charge is 2.30.